The second kappa shape index (κ2) is 4.94. The minimum Gasteiger partial charge on any atom is -0.393 e. The van der Waals surface area contributed by atoms with Crippen LogP contribution in [-0.2, 0) is 10.0 Å². The number of aliphatic hydroxyl groups is 1. The molecule has 1 aromatic carbocycles. The van der Waals surface area contributed by atoms with Gasteiger partial charge in [0, 0.05) is 11.6 Å². The molecular formula is C11H14ClNO3S. The third-order valence-corrected chi connectivity index (χ3v) is 4.54. The van der Waals surface area contributed by atoms with E-state index >= 15 is 0 Å². The largest absolute Gasteiger partial charge is 0.393 e. The fraction of sp³-hybridized carbons (Fsp3) is 0.455. The van der Waals surface area contributed by atoms with E-state index in [0.717, 1.165) is 0 Å². The number of hydrogen-bond acceptors (Lipinski definition) is 3. The number of hydrogen-bond donors (Lipinski definition) is 2. The van der Waals surface area contributed by atoms with E-state index in [1.165, 1.54) is 12.1 Å². The zero-order valence-electron chi connectivity index (χ0n) is 9.14. The lowest BCUT2D eigenvalue weighted by Gasteiger charge is -2.31. The lowest BCUT2D eigenvalue weighted by molar-refractivity contribution is 0.0453. The van der Waals surface area contributed by atoms with Crippen molar-refractivity contribution in [3.05, 3.63) is 29.3 Å². The summed E-state index contributed by atoms with van der Waals surface area (Å²) in [6.45, 7) is 0.367. The van der Waals surface area contributed by atoms with Crippen LogP contribution in [0.4, 0.5) is 0 Å². The summed E-state index contributed by atoms with van der Waals surface area (Å²) in [5, 5.41) is 9.50. The minimum absolute atomic E-state index is 0.171. The van der Waals surface area contributed by atoms with Crippen molar-refractivity contribution in [2.24, 2.45) is 5.92 Å². The Kier molecular flexibility index (Phi) is 3.73. The molecule has 6 heteroatoms. The van der Waals surface area contributed by atoms with Gasteiger partial charge in [0.25, 0.3) is 0 Å². The van der Waals surface area contributed by atoms with Crippen LogP contribution in [-0.4, -0.2) is 26.2 Å². The van der Waals surface area contributed by atoms with Crippen LogP contribution >= 0.6 is 11.6 Å². The average Bonchev–Trinajstić information content (AvgIpc) is 2.23. The van der Waals surface area contributed by atoms with Crippen LogP contribution in [0.15, 0.2) is 29.2 Å². The SMILES string of the molecule is O=S(=O)(NCC1CC(O)C1)c1cccc(Cl)c1. The molecule has 1 saturated carbocycles. The Morgan fingerprint density at radius 1 is 1.41 bits per heavy atom. The van der Waals surface area contributed by atoms with Gasteiger partial charge in [-0.1, -0.05) is 17.7 Å². The zero-order valence-corrected chi connectivity index (χ0v) is 10.7. The molecule has 2 N–H and O–H groups in total. The highest BCUT2D eigenvalue weighted by molar-refractivity contribution is 7.89. The van der Waals surface area contributed by atoms with Crippen molar-refractivity contribution in [2.45, 2.75) is 23.8 Å². The van der Waals surface area contributed by atoms with Crippen molar-refractivity contribution in [3.63, 3.8) is 0 Å². The van der Waals surface area contributed by atoms with Gasteiger partial charge in [0.2, 0.25) is 10.0 Å². The number of benzene rings is 1. The Morgan fingerprint density at radius 3 is 2.71 bits per heavy atom. The van der Waals surface area contributed by atoms with Crippen LogP contribution in [0.3, 0.4) is 0 Å². The van der Waals surface area contributed by atoms with Gasteiger partial charge in [-0.05, 0) is 37.0 Å². The van der Waals surface area contributed by atoms with Gasteiger partial charge < -0.3 is 5.11 Å². The molecule has 2 rings (SSSR count). The second-order valence-electron chi connectivity index (χ2n) is 4.30. The maximum Gasteiger partial charge on any atom is 0.240 e. The highest BCUT2D eigenvalue weighted by atomic mass is 35.5. The van der Waals surface area contributed by atoms with E-state index < -0.39 is 10.0 Å². The molecule has 1 aliphatic carbocycles. The van der Waals surface area contributed by atoms with E-state index in [4.69, 9.17) is 16.7 Å². The predicted octanol–water partition coefficient (Wildman–Crippen LogP) is 1.39. The van der Waals surface area contributed by atoms with Gasteiger partial charge in [0.15, 0.2) is 0 Å². The number of nitrogens with one attached hydrogen (secondary N) is 1. The summed E-state index contributed by atoms with van der Waals surface area (Å²) in [5.74, 6) is 0.235. The Bertz CT molecular complexity index is 497. The lowest BCUT2D eigenvalue weighted by atomic mass is 9.83. The van der Waals surface area contributed by atoms with Gasteiger partial charge in [-0.2, -0.15) is 0 Å². The topological polar surface area (TPSA) is 66.4 Å². The maximum absolute atomic E-state index is 11.9. The van der Waals surface area contributed by atoms with E-state index in [1.54, 1.807) is 12.1 Å². The molecule has 1 fully saturated rings. The Labute approximate surface area is 106 Å². The predicted molar refractivity (Wildman–Crippen MR) is 65.4 cm³/mol. The molecule has 1 aromatic rings. The molecular weight excluding hydrogens is 262 g/mol. The summed E-state index contributed by atoms with van der Waals surface area (Å²) >= 11 is 5.75. The van der Waals surface area contributed by atoms with Crippen molar-refractivity contribution in [1.82, 2.24) is 4.72 Å². The van der Waals surface area contributed by atoms with Crippen LogP contribution in [0.5, 0.6) is 0 Å². The first kappa shape index (κ1) is 12.8. The molecule has 0 saturated heterocycles. The smallest absolute Gasteiger partial charge is 0.240 e. The van der Waals surface area contributed by atoms with Gasteiger partial charge >= 0.3 is 0 Å². The highest BCUT2D eigenvalue weighted by Crippen LogP contribution is 2.26. The first-order chi connectivity index (χ1) is 7.97. The van der Waals surface area contributed by atoms with E-state index in [1.807, 2.05) is 0 Å². The first-order valence-corrected chi connectivity index (χ1v) is 7.27. The molecule has 0 spiro atoms. The summed E-state index contributed by atoms with van der Waals surface area (Å²) in [6, 6.07) is 6.15. The zero-order chi connectivity index (χ0) is 12.5. The summed E-state index contributed by atoms with van der Waals surface area (Å²) in [7, 11) is -3.49. The quantitative estimate of drug-likeness (QED) is 0.873. The third-order valence-electron chi connectivity index (χ3n) is 2.88. The number of aliphatic hydroxyl groups excluding tert-OH is 1. The van der Waals surface area contributed by atoms with Crippen molar-refractivity contribution in [3.8, 4) is 0 Å². The molecule has 0 unspecified atom stereocenters. The molecule has 0 amide bonds. The van der Waals surface area contributed by atoms with Crippen LogP contribution in [0.1, 0.15) is 12.8 Å². The molecule has 17 heavy (non-hydrogen) atoms. The number of halogens is 1. The summed E-state index contributed by atoms with van der Waals surface area (Å²) < 4.78 is 26.3. The lowest BCUT2D eigenvalue weighted by Crippen LogP contribution is -2.38. The molecule has 0 radical (unpaired) electrons. The monoisotopic (exact) mass is 275 g/mol. The molecule has 4 nitrogen and oxygen atoms in total. The van der Waals surface area contributed by atoms with Gasteiger partial charge in [0.1, 0.15) is 0 Å². The Hall–Kier alpha value is -0.620. The number of sulfonamides is 1. The van der Waals surface area contributed by atoms with E-state index in [0.29, 0.717) is 24.4 Å². The first-order valence-electron chi connectivity index (χ1n) is 5.40. The van der Waals surface area contributed by atoms with Gasteiger partial charge in [0.05, 0.1) is 11.0 Å². The Balaban J connectivity index is 1.99. The van der Waals surface area contributed by atoms with Crippen LogP contribution in [0.25, 0.3) is 0 Å². The van der Waals surface area contributed by atoms with Gasteiger partial charge in [-0.15, -0.1) is 0 Å². The van der Waals surface area contributed by atoms with Crippen molar-refractivity contribution >= 4 is 21.6 Å². The van der Waals surface area contributed by atoms with Gasteiger partial charge in [-0.25, -0.2) is 13.1 Å². The Morgan fingerprint density at radius 2 is 2.12 bits per heavy atom. The van der Waals surface area contributed by atoms with E-state index in [-0.39, 0.29) is 16.9 Å². The fourth-order valence-electron chi connectivity index (χ4n) is 1.81. The van der Waals surface area contributed by atoms with E-state index in [9.17, 15) is 8.42 Å². The minimum atomic E-state index is -3.49. The van der Waals surface area contributed by atoms with Gasteiger partial charge in [-0.3, -0.25) is 0 Å². The highest BCUT2D eigenvalue weighted by Gasteiger charge is 2.28. The molecule has 0 aromatic heterocycles. The van der Waals surface area contributed by atoms with E-state index in [2.05, 4.69) is 4.72 Å². The van der Waals surface area contributed by atoms with Crippen molar-refractivity contribution < 1.29 is 13.5 Å². The molecule has 1 aliphatic rings. The molecule has 0 heterocycles. The fourth-order valence-corrected chi connectivity index (χ4v) is 3.23. The second-order valence-corrected chi connectivity index (χ2v) is 6.50. The van der Waals surface area contributed by atoms with Crippen molar-refractivity contribution in [2.75, 3.05) is 6.54 Å². The molecule has 94 valence electrons. The summed E-state index contributed by atoms with van der Waals surface area (Å²) in [4.78, 5) is 0.171. The standard InChI is InChI=1S/C11H14ClNO3S/c12-9-2-1-3-11(6-9)17(15,16)13-7-8-4-10(14)5-8/h1-3,6,8,10,13-14H,4-5,7H2. The molecule has 0 aliphatic heterocycles. The maximum atomic E-state index is 11.9. The third kappa shape index (κ3) is 3.19. The molecule has 0 atom stereocenters. The number of rotatable bonds is 4. The summed E-state index contributed by atoms with van der Waals surface area (Å²) in [5.41, 5.74) is 0. The van der Waals surface area contributed by atoms with Crippen molar-refractivity contribution in [1.29, 1.82) is 0 Å². The van der Waals surface area contributed by atoms with Crippen LogP contribution in [0.2, 0.25) is 5.02 Å². The van der Waals surface area contributed by atoms with Crippen LogP contribution in [0, 0.1) is 5.92 Å². The van der Waals surface area contributed by atoms with Crippen LogP contribution < -0.4 is 4.72 Å². The average molecular weight is 276 g/mol. The normalized spacial score (nSPS) is 24.4. The molecule has 0 bridgehead atoms. The summed E-state index contributed by atoms with van der Waals surface area (Å²) in [6.07, 6.45) is 1.06.